The summed E-state index contributed by atoms with van der Waals surface area (Å²) in [6, 6.07) is 3.94. The molecule has 0 saturated heterocycles. The van der Waals surface area contributed by atoms with E-state index in [4.69, 9.17) is 20.9 Å². The van der Waals surface area contributed by atoms with Gasteiger partial charge in [-0.1, -0.05) is 25.6 Å². The van der Waals surface area contributed by atoms with Gasteiger partial charge >= 0.3 is 0 Å². The van der Waals surface area contributed by atoms with Gasteiger partial charge in [0, 0.05) is 12.4 Å². The van der Waals surface area contributed by atoms with Gasteiger partial charge in [0.05, 0.1) is 31.1 Å². The van der Waals surface area contributed by atoms with E-state index in [2.05, 4.69) is 19.9 Å². The molecular formula is C28H26F4N6O6S2. The summed E-state index contributed by atoms with van der Waals surface area (Å²) in [4.78, 5) is 40.0. The summed E-state index contributed by atoms with van der Waals surface area (Å²) in [5, 5.41) is -0.144. The van der Waals surface area contributed by atoms with E-state index in [0.717, 1.165) is 30.1 Å². The molecule has 0 bridgehead atoms. The zero-order valence-electron chi connectivity index (χ0n) is 24.6. The van der Waals surface area contributed by atoms with E-state index in [1.807, 2.05) is 6.92 Å². The predicted octanol–water partition coefficient (Wildman–Crippen LogP) is 4.06. The molecule has 0 atom stereocenters. The Morgan fingerprint density at radius 2 is 1.24 bits per heavy atom. The number of hydrogen-bond acceptors (Lipinski definition) is 13. The normalized spacial score (nSPS) is 11.0. The van der Waals surface area contributed by atoms with Crippen molar-refractivity contribution in [2.75, 3.05) is 37.2 Å². The number of nitrogens with two attached hydrogens (primary N) is 2. The smallest absolute Gasteiger partial charge is 0.249 e. The minimum atomic E-state index is -3.73. The summed E-state index contributed by atoms with van der Waals surface area (Å²) in [5.41, 5.74) is 9.63. The molecule has 0 fully saturated rings. The number of sulfone groups is 1. The average Bonchev–Trinajstić information content (AvgIpc) is 3.03. The van der Waals surface area contributed by atoms with Gasteiger partial charge in [0.15, 0.2) is 28.4 Å². The molecule has 0 spiro atoms. The maximum atomic E-state index is 14.0. The summed E-state index contributed by atoms with van der Waals surface area (Å²) in [6.45, 7) is 3.30. The molecule has 244 valence electrons. The second-order valence-corrected chi connectivity index (χ2v) is 12.2. The molecule has 0 saturated carbocycles. The van der Waals surface area contributed by atoms with E-state index in [1.165, 1.54) is 45.2 Å². The van der Waals surface area contributed by atoms with Crippen molar-refractivity contribution in [2.45, 2.75) is 24.2 Å². The van der Waals surface area contributed by atoms with Crippen LogP contribution in [0.2, 0.25) is 0 Å². The number of hydrogen-bond donors (Lipinski definition) is 2. The third-order valence-corrected chi connectivity index (χ3v) is 8.28. The van der Waals surface area contributed by atoms with Crippen LogP contribution in [0.1, 0.15) is 45.7 Å². The van der Waals surface area contributed by atoms with E-state index in [-0.39, 0.29) is 34.2 Å². The lowest BCUT2D eigenvalue weighted by Crippen LogP contribution is -2.16. The monoisotopic (exact) mass is 682 g/mol. The Bertz CT molecular complexity index is 1910. The second-order valence-electron chi connectivity index (χ2n) is 8.77. The highest BCUT2D eigenvalue weighted by molar-refractivity contribution is 7.99. The molecule has 0 aliphatic heterocycles. The zero-order valence-corrected chi connectivity index (χ0v) is 26.2. The number of carbonyl (C=O) groups excluding carboxylic acids is 2. The van der Waals surface area contributed by atoms with Crippen molar-refractivity contribution in [1.82, 2.24) is 19.9 Å². The number of carbonyl (C=O) groups is 2. The lowest BCUT2D eigenvalue weighted by molar-refractivity contribution is 0.102. The van der Waals surface area contributed by atoms with Crippen molar-refractivity contribution in [1.29, 1.82) is 0 Å². The number of thioether (sulfide) groups is 1. The van der Waals surface area contributed by atoms with Crippen LogP contribution in [0, 0.1) is 23.3 Å². The van der Waals surface area contributed by atoms with Crippen LogP contribution in [0.4, 0.5) is 29.2 Å². The first kappa shape index (κ1) is 35.6. The number of nitrogen functional groups attached to an aromatic ring is 2. The van der Waals surface area contributed by atoms with E-state index < -0.39 is 66.8 Å². The maximum absolute atomic E-state index is 14.0. The van der Waals surface area contributed by atoms with E-state index in [9.17, 15) is 35.6 Å². The summed E-state index contributed by atoms with van der Waals surface area (Å²) >= 11 is 1.35. The zero-order chi connectivity index (χ0) is 34.3. The highest BCUT2D eigenvalue weighted by atomic mass is 32.2. The first-order valence-corrected chi connectivity index (χ1v) is 15.6. The molecule has 0 unspecified atom stereocenters. The van der Waals surface area contributed by atoms with Crippen LogP contribution < -0.4 is 20.9 Å². The molecule has 0 aliphatic carbocycles. The maximum Gasteiger partial charge on any atom is 0.249 e. The first-order chi connectivity index (χ1) is 21.7. The van der Waals surface area contributed by atoms with E-state index in [0.29, 0.717) is 5.16 Å². The lowest BCUT2D eigenvalue weighted by Gasteiger charge is -2.10. The molecule has 0 aliphatic rings. The Kier molecular flexibility index (Phi) is 11.6. The van der Waals surface area contributed by atoms with Crippen LogP contribution in [0.25, 0.3) is 0 Å². The van der Waals surface area contributed by atoms with Crippen LogP contribution in [0.3, 0.4) is 0 Å². The van der Waals surface area contributed by atoms with Crippen molar-refractivity contribution in [3.8, 4) is 11.5 Å². The van der Waals surface area contributed by atoms with Gasteiger partial charge in [-0.2, -0.15) is 0 Å². The summed E-state index contributed by atoms with van der Waals surface area (Å²) in [6.07, 6.45) is 2.06. The highest BCUT2D eigenvalue weighted by Gasteiger charge is 2.27. The number of ketones is 2. The van der Waals surface area contributed by atoms with Gasteiger partial charge in [0.2, 0.25) is 26.6 Å². The van der Waals surface area contributed by atoms with Crippen LogP contribution in [0.15, 0.2) is 47.0 Å². The summed E-state index contributed by atoms with van der Waals surface area (Å²) < 4.78 is 87.9. The Morgan fingerprint density at radius 3 is 1.63 bits per heavy atom. The molecule has 2 heterocycles. The van der Waals surface area contributed by atoms with Crippen molar-refractivity contribution in [3.05, 3.63) is 82.2 Å². The first-order valence-electron chi connectivity index (χ1n) is 13.0. The number of ether oxygens (including phenoxy) is 2. The van der Waals surface area contributed by atoms with Crippen LogP contribution in [-0.4, -0.2) is 65.6 Å². The third kappa shape index (κ3) is 7.51. The lowest BCUT2D eigenvalue weighted by atomic mass is 10.0. The molecule has 0 amide bonds. The SMILES string of the molecule is CCS(=O)(=O)c1ncc(C(=O)c2c(OC)ccc(F)c2F)c(N)n1.CCSc1ncc(C(=O)c2c(OC)ccc(F)c2F)c(N)n1. The van der Waals surface area contributed by atoms with Crippen LogP contribution in [0.5, 0.6) is 11.5 Å². The van der Waals surface area contributed by atoms with Crippen molar-refractivity contribution in [3.63, 3.8) is 0 Å². The molecular weight excluding hydrogens is 656 g/mol. The number of rotatable bonds is 10. The van der Waals surface area contributed by atoms with Gasteiger partial charge in [0.25, 0.3) is 0 Å². The van der Waals surface area contributed by atoms with Crippen LogP contribution in [-0.2, 0) is 9.84 Å². The summed E-state index contributed by atoms with van der Waals surface area (Å²) in [7, 11) is -1.29. The van der Waals surface area contributed by atoms with Gasteiger partial charge in [-0.15, -0.1) is 0 Å². The Labute approximate surface area is 264 Å². The number of nitrogens with zero attached hydrogens (tertiary/aromatic N) is 4. The van der Waals surface area contributed by atoms with Crippen molar-refractivity contribution >= 4 is 44.8 Å². The fourth-order valence-electron chi connectivity index (χ4n) is 3.68. The van der Waals surface area contributed by atoms with E-state index >= 15 is 0 Å². The number of methoxy groups -OCH3 is 2. The predicted molar refractivity (Wildman–Crippen MR) is 160 cm³/mol. The Morgan fingerprint density at radius 1 is 0.783 bits per heavy atom. The second kappa shape index (κ2) is 15.0. The van der Waals surface area contributed by atoms with Gasteiger partial charge in [0.1, 0.15) is 34.3 Å². The minimum Gasteiger partial charge on any atom is -0.496 e. The standard InChI is InChI=1S/C14H13F2N3O4S.C14H13F2N3O2S/c1-3-24(21,22)14-18-6-7(13(17)19-14)12(20)10-9(23-2)5-4-8(15)11(10)16;1-3-22-14-18-6-7(13(17)19-14)12(20)10-9(21-2)5-4-8(15)11(10)16/h4-6H,3H2,1-2H3,(H2,17,18,19);4-6H,3H2,1-2H3,(H2,17,18,19). The molecule has 2 aromatic heterocycles. The largest absolute Gasteiger partial charge is 0.496 e. The molecule has 46 heavy (non-hydrogen) atoms. The number of halogens is 4. The number of benzene rings is 2. The van der Waals surface area contributed by atoms with E-state index in [1.54, 1.807) is 0 Å². The molecule has 0 radical (unpaired) electrons. The topological polar surface area (TPSA) is 190 Å². The summed E-state index contributed by atoms with van der Waals surface area (Å²) in [5.74, 6) is -7.34. The van der Waals surface area contributed by atoms with Crippen molar-refractivity contribution in [2.24, 2.45) is 0 Å². The van der Waals surface area contributed by atoms with Gasteiger partial charge in [-0.25, -0.2) is 45.9 Å². The highest BCUT2D eigenvalue weighted by Crippen LogP contribution is 2.29. The average molecular weight is 683 g/mol. The van der Waals surface area contributed by atoms with Gasteiger partial charge < -0.3 is 20.9 Å². The molecule has 2 aromatic carbocycles. The fraction of sp³-hybridized carbons (Fsp3) is 0.214. The third-order valence-electron chi connectivity index (χ3n) is 6.02. The number of aromatic nitrogens is 4. The minimum absolute atomic E-state index is 0.0877. The molecule has 4 aromatic rings. The molecule has 4 N–H and O–H groups in total. The van der Waals surface area contributed by atoms with Crippen molar-refractivity contribution < 1.29 is 45.0 Å². The van der Waals surface area contributed by atoms with Gasteiger partial charge in [-0.05, 0) is 30.0 Å². The van der Waals surface area contributed by atoms with Gasteiger partial charge in [-0.3, -0.25) is 9.59 Å². The Balaban J connectivity index is 0.000000251. The fourth-order valence-corrected chi connectivity index (χ4v) is 4.94. The molecule has 4 rings (SSSR count). The van der Waals surface area contributed by atoms with Crippen LogP contribution >= 0.6 is 11.8 Å². The molecule has 18 heteroatoms. The molecule has 12 nitrogen and oxygen atoms in total. The Hall–Kier alpha value is -4.84. The quantitative estimate of drug-likeness (QED) is 0.106. The number of anilines is 2.